The highest BCUT2D eigenvalue weighted by Crippen LogP contribution is 2.10. The minimum Gasteiger partial charge on any atom is -0.395 e. The molecule has 2 N–H and O–H groups in total. The Labute approximate surface area is 119 Å². The Balaban J connectivity index is 1.92. The van der Waals surface area contributed by atoms with Crippen molar-refractivity contribution in [2.75, 3.05) is 6.61 Å². The first kappa shape index (κ1) is 14.7. The van der Waals surface area contributed by atoms with Gasteiger partial charge in [0, 0.05) is 12.6 Å². The van der Waals surface area contributed by atoms with Crippen LogP contribution in [0.3, 0.4) is 0 Å². The molecule has 20 heavy (non-hydrogen) atoms. The van der Waals surface area contributed by atoms with E-state index in [-0.39, 0.29) is 18.5 Å². The predicted molar refractivity (Wildman–Crippen MR) is 79.0 cm³/mol. The molecule has 0 amide bonds. The predicted octanol–water partition coefficient (Wildman–Crippen LogP) is 2.83. The molecule has 3 heteroatoms. The average molecular weight is 273 g/mol. The molecule has 0 saturated carbocycles. The van der Waals surface area contributed by atoms with Gasteiger partial charge in [0.05, 0.1) is 6.61 Å². The molecule has 2 rings (SSSR count). The van der Waals surface area contributed by atoms with Gasteiger partial charge >= 0.3 is 0 Å². The molecule has 0 aliphatic heterocycles. The van der Waals surface area contributed by atoms with Crippen LogP contribution in [0, 0.1) is 12.7 Å². The Morgan fingerprint density at radius 3 is 2.50 bits per heavy atom. The maximum absolute atomic E-state index is 13.5. The molecule has 0 aromatic heterocycles. The highest BCUT2D eigenvalue weighted by atomic mass is 19.1. The number of benzene rings is 2. The summed E-state index contributed by atoms with van der Waals surface area (Å²) in [6.07, 6.45) is 0.756. The van der Waals surface area contributed by atoms with Gasteiger partial charge in [0.2, 0.25) is 0 Å². The fourth-order valence-electron chi connectivity index (χ4n) is 2.11. The van der Waals surface area contributed by atoms with E-state index in [1.807, 2.05) is 36.4 Å². The Morgan fingerprint density at radius 2 is 1.85 bits per heavy atom. The molecule has 0 bridgehead atoms. The van der Waals surface area contributed by atoms with Gasteiger partial charge in [-0.2, -0.15) is 0 Å². The van der Waals surface area contributed by atoms with Crippen molar-refractivity contribution in [3.63, 3.8) is 0 Å². The Hall–Kier alpha value is -1.71. The monoisotopic (exact) mass is 273 g/mol. The summed E-state index contributed by atoms with van der Waals surface area (Å²) in [6.45, 7) is 2.36. The maximum atomic E-state index is 13.5. The van der Waals surface area contributed by atoms with Crippen LogP contribution < -0.4 is 5.32 Å². The number of hydrogen-bond donors (Lipinski definition) is 2. The van der Waals surface area contributed by atoms with Crippen LogP contribution in [-0.4, -0.2) is 17.8 Å². The Kier molecular flexibility index (Phi) is 5.27. The zero-order valence-corrected chi connectivity index (χ0v) is 11.6. The van der Waals surface area contributed by atoms with E-state index in [1.54, 1.807) is 19.1 Å². The number of aliphatic hydroxyl groups excluding tert-OH is 1. The summed E-state index contributed by atoms with van der Waals surface area (Å²) in [7, 11) is 0. The average Bonchev–Trinajstić information content (AvgIpc) is 2.48. The van der Waals surface area contributed by atoms with Crippen molar-refractivity contribution in [3.05, 3.63) is 71.0 Å². The SMILES string of the molecule is Cc1ccc(CNC(CO)Cc2ccccc2)cc1F. The molecule has 0 aliphatic carbocycles. The third-order valence-corrected chi connectivity index (χ3v) is 3.38. The molecule has 106 valence electrons. The number of hydrogen-bond acceptors (Lipinski definition) is 2. The molecule has 0 fully saturated rings. The fourth-order valence-corrected chi connectivity index (χ4v) is 2.11. The van der Waals surface area contributed by atoms with Gasteiger partial charge in [-0.1, -0.05) is 42.5 Å². The number of nitrogens with one attached hydrogen (secondary N) is 1. The largest absolute Gasteiger partial charge is 0.395 e. The number of aryl methyl sites for hydroxylation is 1. The Morgan fingerprint density at radius 1 is 1.10 bits per heavy atom. The second-order valence-corrected chi connectivity index (χ2v) is 5.03. The van der Waals surface area contributed by atoms with Crippen LogP contribution in [-0.2, 0) is 13.0 Å². The van der Waals surface area contributed by atoms with Crippen molar-refractivity contribution in [2.45, 2.75) is 25.9 Å². The lowest BCUT2D eigenvalue weighted by Gasteiger charge is -2.16. The van der Waals surface area contributed by atoms with Gasteiger partial charge in [0.1, 0.15) is 5.82 Å². The van der Waals surface area contributed by atoms with Crippen molar-refractivity contribution < 1.29 is 9.50 Å². The van der Waals surface area contributed by atoms with E-state index in [2.05, 4.69) is 5.32 Å². The lowest BCUT2D eigenvalue weighted by atomic mass is 10.1. The van der Waals surface area contributed by atoms with E-state index in [0.717, 1.165) is 12.0 Å². The van der Waals surface area contributed by atoms with Crippen LogP contribution in [0.1, 0.15) is 16.7 Å². The van der Waals surface area contributed by atoms with Gasteiger partial charge in [0.25, 0.3) is 0 Å². The van der Waals surface area contributed by atoms with Gasteiger partial charge in [0.15, 0.2) is 0 Å². The van der Waals surface area contributed by atoms with E-state index in [4.69, 9.17) is 0 Å². The fraction of sp³-hybridized carbons (Fsp3) is 0.294. The highest BCUT2D eigenvalue weighted by Gasteiger charge is 2.08. The molecule has 0 radical (unpaired) electrons. The van der Waals surface area contributed by atoms with Crippen molar-refractivity contribution in [2.24, 2.45) is 0 Å². The topological polar surface area (TPSA) is 32.3 Å². The van der Waals surface area contributed by atoms with Gasteiger partial charge in [-0.05, 0) is 36.1 Å². The third-order valence-electron chi connectivity index (χ3n) is 3.38. The molecule has 0 heterocycles. The first-order valence-corrected chi connectivity index (χ1v) is 6.82. The molecule has 2 aromatic carbocycles. The standard InChI is InChI=1S/C17H20FNO/c1-13-7-8-15(10-17(13)18)11-19-16(12-20)9-14-5-3-2-4-6-14/h2-8,10,16,19-20H,9,11-12H2,1H3. The van der Waals surface area contributed by atoms with E-state index in [9.17, 15) is 9.50 Å². The smallest absolute Gasteiger partial charge is 0.126 e. The van der Waals surface area contributed by atoms with Gasteiger partial charge in [-0.3, -0.25) is 0 Å². The van der Waals surface area contributed by atoms with Crippen molar-refractivity contribution in [1.29, 1.82) is 0 Å². The van der Waals surface area contributed by atoms with Crippen LogP contribution in [0.4, 0.5) is 4.39 Å². The van der Waals surface area contributed by atoms with Crippen LogP contribution >= 0.6 is 0 Å². The summed E-state index contributed by atoms with van der Waals surface area (Å²) in [4.78, 5) is 0. The number of halogens is 1. The second kappa shape index (κ2) is 7.17. The van der Waals surface area contributed by atoms with E-state index in [0.29, 0.717) is 12.1 Å². The number of rotatable bonds is 6. The molecule has 2 aromatic rings. The zero-order chi connectivity index (χ0) is 14.4. The third kappa shape index (κ3) is 4.15. The summed E-state index contributed by atoms with van der Waals surface area (Å²) in [5, 5.41) is 12.7. The highest BCUT2D eigenvalue weighted by molar-refractivity contribution is 5.23. The molecule has 0 spiro atoms. The maximum Gasteiger partial charge on any atom is 0.126 e. The molecular weight excluding hydrogens is 253 g/mol. The quantitative estimate of drug-likeness (QED) is 0.848. The second-order valence-electron chi connectivity index (χ2n) is 5.03. The number of aliphatic hydroxyl groups is 1. The van der Waals surface area contributed by atoms with Crippen LogP contribution in [0.15, 0.2) is 48.5 Å². The molecular formula is C17H20FNO. The molecule has 1 atom stereocenters. The first-order valence-electron chi connectivity index (χ1n) is 6.82. The lowest BCUT2D eigenvalue weighted by Crippen LogP contribution is -2.34. The minimum atomic E-state index is -0.187. The zero-order valence-electron chi connectivity index (χ0n) is 11.6. The van der Waals surface area contributed by atoms with Gasteiger partial charge in [-0.15, -0.1) is 0 Å². The van der Waals surface area contributed by atoms with Crippen molar-refractivity contribution in [1.82, 2.24) is 5.32 Å². The summed E-state index contributed by atoms with van der Waals surface area (Å²) in [5.41, 5.74) is 2.71. The summed E-state index contributed by atoms with van der Waals surface area (Å²) in [6, 6.07) is 15.2. The Bertz CT molecular complexity index is 542. The molecule has 1 unspecified atom stereocenters. The first-order chi connectivity index (χ1) is 9.69. The van der Waals surface area contributed by atoms with Gasteiger partial charge < -0.3 is 10.4 Å². The van der Waals surface area contributed by atoms with E-state index in [1.165, 1.54) is 5.56 Å². The normalized spacial score (nSPS) is 12.3. The summed E-state index contributed by atoms with van der Waals surface area (Å²) < 4.78 is 13.5. The molecule has 0 saturated heterocycles. The van der Waals surface area contributed by atoms with Gasteiger partial charge in [-0.25, -0.2) is 4.39 Å². The summed E-state index contributed by atoms with van der Waals surface area (Å²) >= 11 is 0. The van der Waals surface area contributed by atoms with Crippen LogP contribution in [0.25, 0.3) is 0 Å². The molecule has 2 nitrogen and oxygen atoms in total. The van der Waals surface area contributed by atoms with E-state index >= 15 is 0 Å². The molecule has 0 aliphatic rings. The van der Waals surface area contributed by atoms with Crippen molar-refractivity contribution in [3.8, 4) is 0 Å². The van der Waals surface area contributed by atoms with Crippen LogP contribution in [0.2, 0.25) is 0 Å². The van der Waals surface area contributed by atoms with E-state index < -0.39 is 0 Å². The lowest BCUT2D eigenvalue weighted by molar-refractivity contribution is 0.241. The summed E-state index contributed by atoms with van der Waals surface area (Å²) in [5.74, 6) is -0.187. The minimum absolute atomic E-state index is 0.0261. The van der Waals surface area contributed by atoms with Crippen molar-refractivity contribution >= 4 is 0 Å². The van der Waals surface area contributed by atoms with Crippen LogP contribution in [0.5, 0.6) is 0 Å².